The van der Waals surface area contributed by atoms with Gasteiger partial charge >= 0.3 is 0 Å². The SMILES string of the molecule is Cc1cc(C)c(C)c(SCC(N)=O)c1C. The third-order valence-corrected chi connectivity index (χ3v) is 3.99. The van der Waals surface area contributed by atoms with Crippen LogP contribution in [0, 0.1) is 27.7 Å². The molecule has 1 amide bonds. The summed E-state index contributed by atoms with van der Waals surface area (Å²) in [6.45, 7) is 8.36. The summed E-state index contributed by atoms with van der Waals surface area (Å²) in [5.74, 6) is 0.0860. The lowest BCUT2D eigenvalue weighted by molar-refractivity contribution is -0.115. The molecule has 15 heavy (non-hydrogen) atoms. The minimum absolute atomic E-state index is 0.266. The molecule has 0 atom stereocenters. The molecule has 0 saturated carbocycles. The molecule has 82 valence electrons. The maximum absolute atomic E-state index is 10.8. The van der Waals surface area contributed by atoms with E-state index in [1.807, 2.05) is 0 Å². The molecule has 3 heteroatoms. The van der Waals surface area contributed by atoms with Crippen molar-refractivity contribution in [3.05, 3.63) is 28.3 Å². The van der Waals surface area contributed by atoms with E-state index in [1.54, 1.807) is 0 Å². The third kappa shape index (κ3) is 2.75. The zero-order chi connectivity index (χ0) is 11.6. The van der Waals surface area contributed by atoms with Crippen molar-refractivity contribution in [3.63, 3.8) is 0 Å². The molecule has 2 N–H and O–H groups in total. The number of aryl methyl sites for hydroxylation is 2. The van der Waals surface area contributed by atoms with Crippen molar-refractivity contribution >= 4 is 17.7 Å². The van der Waals surface area contributed by atoms with Crippen molar-refractivity contribution in [2.45, 2.75) is 32.6 Å². The summed E-state index contributed by atoms with van der Waals surface area (Å²) in [4.78, 5) is 12.0. The first-order valence-corrected chi connectivity index (χ1v) is 5.90. The number of benzene rings is 1. The van der Waals surface area contributed by atoms with E-state index in [-0.39, 0.29) is 5.91 Å². The Morgan fingerprint density at radius 3 is 2.07 bits per heavy atom. The van der Waals surface area contributed by atoms with E-state index in [4.69, 9.17) is 5.73 Å². The molecule has 0 aliphatic rings. The molecule has 0 fully saturated rings. The second-order valence-electron chi connectivity index (χ2n) is 3.84. The number of hydrogen-bond donors (Lipinski definition) is 1. The first-order valence-electron chi connectivity index (χ1n) is 4.92. The van der Waals surface area contributed by atoms with Gasteiger partial charge in [-0.2, -0.15) is 0 Å². The number of amides is 1. The van der Waals surface area contributed by atoms with Gasteiger partial charge in [-0.1, -0.05) is 6.07 Å². The molecule has 0 unspecified atom stereocenters. The van der Waals surface area contributed by atoms with E-state index in [9.17, 15) is 4.79 Å². The van der Waals surface area contributed by atoms with Gasteiger partial charge in [-0.05, 0) is 49.9 Å². The zero-order valence-electron chi connectivity index (χ0n) is 9.68. The van der Waals surface area contributed by atoms with Crippen LogP contribution in [0.1, 0.15) is 22.3 Å². The molecule has 0 heterocycles. The Morgan fingerprint density at radius 1 is 1.20 bits per heavy atom. The summed E-state index contributed by atoms with van der Waals surface area (Å²) in [6.07, 6.45) is 0. The Labute approximate surface area is 95.2 Å². The highest BCUT2D eigenvalue weighted by Crippen LogP contribution is 2.30. The van der Waals surface area contributed by atoms with Gasteiger partial charge in [0.05, 0.1) is 5.75 Å². The van der Waals surface area contributed by atoms with Gasteiger partial charge in [-0.3, -0.25) is 4.79 Å². The van der Waals surface area contributed by atoms with E-state index in [0.29, 0.717) is 5.75 Å². The largest absolute Gasteiger partial charge is 0.369 e. The quantitative estimate of drug-likeness (QED) is 0.800. The van der Waals surface area contributed by atoms with Crippen LogP contribution in [0.4, 0.5) is 0 Å². The van der Waals surface area contributed by atoms with Crippen molar-refractivity contribution < 1.29 is 4.79 Å². The highest BCUT2D eigenvalue weighted by atomic mass is 32.2. The maximum Gasteiger partial charge on any atom is 0.227 e. The fourth-order valence-electron chi connectivity index (χ4n) is 1.54. The van der Waals surface area contributed by atoms with Crippen molar-refractivity contribution in [3.8, 4) is 0 Å². The smallest absolute Gasteiger partial charge is 0.227 e. The number of carbonyl (C=O) groups is 1. The maximum atomic E-state index is 10.8. The predicted molar refractivity (Wildman–Crippen MR) is 65.3 cm³/mol. The highest BCUT2D eigenvalue weighted by molar-refractivity contribution is 8.00. The molecule has 1 rings (SSSR count). The normalized spacial score (nSPS) is 10.4. The topological polar surface area (TPSA) is 43.1 Å². The number of primary amides is 1. The van der Waals surface area contributed by atoms with Gasteiger partial charge in [0, 0.05) is 4.90 Å². The number of thioether (sulfide) groups is 1. The monoisotopic (exact) mass is 223 g/mol. The third-order valence-electron chi connectivity index (χ3n) is 2.66. The average Bonchev–Trinajstić information content (AvgIpc) is 2.14. The van der Waals surface area contributed by atoms with Gasteiger partial charge in [-0.15, -0.1) is 11.8 Å². The fourth-order valence-corrected chi connectivity index (χ4v) is 2.58. The average molecular weight is 223 g/mol. The zero-order valence-corrected chi connectivity index (χ0v) is 10.5. The summed E-state index contributed by atoms with van der Waals surface area (Å²) < 4.78 is 0. The molecule has 0 radical (unpaired) electrons. The van der Waals surface area contributed by atoms with Crippen LogP contribution in [-0.4, -0.2) is 11.7 Å². The van der Waals surface area contributed by atoms with Crippen LogP contribution in [0.15, 0.2) is 11.0 Å². The predicted octanol–water partition coefficient (Wildman–Crippen LogP) is 2.50. The second-order valence-corrected chi connectivity index (χ2v) is 4.83. The summed E-state index contributed by atoms with van der Waals surface area (Å²) in [6, 6.07) is 2.18. The number of nitrogens with two attached hydrogens (primary N) is 1. The second kappa shape index (κ2) is 4.71. The number of carbonyl (C=O) groups excluding carboxylic acids is 1. The molecular weight excluding hydrogens is 206 g/mol. The Balaban J connectivity index is 3.09. The molecule has 2 nitrogen and oxygen atoms in total. The van der Waals surface area contributed by atoms with E-state index in [0.717, 1.165) is 0 Å². The van der Waals surface area contributed by atoms with Crippen molar-refractivity contribution in [1.82, 2.24) is 0 Å². The van der Waals surface area contributed by atoms with E-state index in [2.05, 4.69) is 33.8 Å². The minimum atomic E-state index is -0.266. The Hall–Kier alpha value is -0.960. The Morgan fingerprint density at radius 2 is 1.67 bits per heavy atom. The van der Waals surface area contributed by atoms with Crippen LogP contribution >= 0.6 is 11.8 Å². The molecule has 0 saturated heterocycles. The van der Waals surface area contributed by atoms with Gasteiger partial charge in [0.2, 0.25) is 5.91 Å². The van der Waals surface area contributed by atoms with Gasteiger partial charge in [-0.25, -0.2) is 0 Å². The van der Waals surface area contributed by atoms with Gasteiger partial charge in [0.15, 0.2) is 0 Å². The van der Waals surface area contributed by atoms with Crippen LogP contribution in [0.5, 0.6) is 0 Å². The van der Waals surface area contributed by atoms with Gasteiger partial charge < -0.3 is 5.73 Å². The Bertz CT molecular complexity index is 373. The molecule has 0 bridgehead atoms. The van der Waals surface area contributed by atoms with Crippen LogP contribution in [-0.2, 0) is 4.79 Å². The van der Waals surface area contributed by atoms with Crippen LogP contribution in [0.2, 0.25) is 0 Å². The number of hydrogen-bond acceptors (Lipinski definition) is 2. The lowest BCUT2D eigenvalue weighted by Crippen LogP contribution is -2.13. The summed E-state index contributed by atoms with van der Waals surface area (Å²) >= 11 is 1.54. The minimum Gasteiger partial charge on any atom is -0.369 e. The highest BCUT2D eigenvalue weighted by Gasteiger charge is 2.09. The summed E-state index contributed by atoms with van der Waals surface area (Å²) in [5.41, 5.74) is 10.2. The van der Waals surface area contributed by atoms with E-state index < -0.39 is 0 Å². The molecular formula is C12H17NOS. The summed E-state index contributed by atoms with van der Waals surface area (Å²) in [7, 11) is 0. The molecule has 0 aromatic heterocycles. The molecule has 0 aliphatic heterocycles. The Kier molecular flexibility index (Phi) is 3.80. The standard InChI is InChI=1S/C12H17NOS/c1-7-5-8(2)10(4)12(9(7)3)15-6-11(13)14/h5H,6H2,1-4H3,(H2,13,14). The van der Waals surface area contributed by atoms with Crippen molar-refractivity contribution in [2.75, 3.05) is 5.75 Å². The van der Waals surface area contributed by atoms with Crippen molar-refractivity contribution in [2.24, 2.45) is 5.73 Å². The first kappa shape index (κ1) is 12.1. The van der Waals surface area contributed by atoms with E-state index >= 15 is 0 Å². The fraction of sp³-hybridized carbons (Fsp3) is 0.417. The molecule has 0 spiro atoms. The molecule has 1 aromatic carbocycles. The van der Waals surface area contributed by atoms with E-state index in [1.165, 1.54) is 38.9 Å². The number of rotatable bonds is 3. The molecule has 1 aromatic rings. The van der Waals surface area contributed by atoms with Crippen LogP contribution in [0.25, 0.3) is 0 Å². The lowest BCUT2D eigenvalue weighted by Gasteiger charge is -2.13. The van der Waals surface area contributed by atoms with Crippen molar-refractivity contribution in [1.29, 1.82) is 0 Å². The van der Waals surface area contributed by atoms with Crippen LogP contribution in [0.3, 0.4) is 0 Å². The van der Waals surface area contributed by atoms with Gasteiger partial charge in [0.25, 0.3) is 0 Å². The first-order chi connectivity index (χ1) is 6.93. The van der Waals surface area contributed by atoms with Gasteiger partial charge in [0.1, 0.15) is 0 Å². The molecule has 0 aliphatic carbocycles. The van der Waals surface area contributed by atoms with Crippen LogP contribution < -0.4 is 5.73 Å². The lowest BCUT2D eigenvalue weighted by atomic mass is 10.0. The summed E-state index contributed by atoms with van der Waals surface area (Å²) in [5, 5.41) is 0.